The third kappa shape index (κ3) is 3.88. The minimum absolute atomic E-state index is 0.0990. The van der Waals surface area contributed by atoms with Gasteiger partial charge in [-0.05, 0) is 6.07 Å². The molecule has 0 fully saturated rings. The molecule has 0 spiro atoms. The summed E-state index contributed by atoms with van der Waals surface area (Å²) in [5.74, 6) is -0.838. The maximum absolute atomic E-state index is 13.5. The normalized spacial score (nSPS) is 11.5. The summed E-state index contributed by atoms with van der Waals surface area (Å²) < 4.78 is 56.2. The number of nitrogens with two attached hydrogens (primary N) is 1. The Morgan fingerprint density at radius 3 is 2.57 bits per heavy atom. The molecule has 0 aromatic carbocycles. The molecular weight excluding hydrogens is 290 g/mol. The Labute approximate surface area is 117 Å². The summed E-state index contributed by atoms with van der Waals surface area (Å²) >= 11 is 0. The second-order valence-electron chi connectivity index (χ2n) is 4.18. The zero-order valence-electron chi connectivity index (χ0n) is 10.7. The van der Waals surface area contributed by atoms with Gasteiger partial charge in [0.2, 0.25) is 0 Å². The van der Waals surface area contributed by atoms with Crippen LogP contribution in [0.2, 0.25) is 0 Å². The smallest absolute Gasteiger partial charge is 0.417 e. The first-order valence-corrected chi connectivity index (χ1v) is 5.88. The molecule has 2 N–H and O–H groups in total. The Morgan fingerprint density at radius 2 is 1.90 bits per heavy atom. The van der Waals surface area contributed by atoms with Crippen LogP contribution in [0, 0.1) is 5.82 Å². The molecule has 4 nitrogen and oxygen atoms in total. The van der Waals surface area contributed by atoms with Crippen LogP contribution in [0.15, 0.2) is 30.7 Å². The second kappa shape index (κ2) is 6.04. The zero-order valence-corrected chi connectivity index (χ0v) is 10.7. The van der Waals surface area contributed by atoms with Crippen molar-refractivity contribution < 1.29 is 22.3 Å². The van der Waals surface area contributed by atoms with Crippen molar-refractivity contribution in [2.75, 3.05) is 0 Å². The first-order chi connectivity index (χ1) is 9.90. The maximum Gasteiger partial charge on any atom is 0.417 e. The average Bonchev–Trinajstić information content (AvgIpc) is 2.46. The van der Waals surface area contributed by atoms with Crippen molar-refractivity contribution in [2.24, 2.45) is 5.73 Å². The number of pyridine rings is 2. The van der Waals surface area contributed by atoms with Crippen LogP contribution in [-0.4, -0.2) is 9.97 Å². The number of halogens is 4. The number of nitrogens with zero attached hydrogens (tertiary/aromatic N) is 2. The molecule has 8 heteroatoms. The van der Waals surface area contributed by atoms with Crippen LogP contribution in [0.5, 0.6) is 5.75 Å². The van der Waals surface area contributed by atoms with Gasteiger partial charge < -0.3 is 10.5 Å². The van der Waals surface area contributed by atoms with Crippen LogP contribution in [0.4, 0.5) is 17.6 Å². The number of alkyl halides is 3. The summed E-state index contributed by atoms with van der Waals surface area (Å²) in [6, 6.07) is 2.20. The number of hydrogen-bond acceptors (Lipinski definition) is 4. The lowest BCUT2D eigenvalue weighted by atomic mass is 10.2. The number of ether oxygens (including phenoxy) is 1. The number of rotatable bonds is 4. The van der Waals surface area contributed by atoms with Crippen molar-refractivity contribution in [1.82, 2.24) is 9.97 Å². The average molecular weight is 301 g/mol. The predicted octanol–water partition coefficient (Wildman–Crippen LogP) is 2.67. The molecule has 0 aliphatic rings. The van der Waals surface area contributed by atoms with Gasteiger partial charge in [0.25, 0.3) is 0 Å². The van der Waals surface area contributed by atoms with Crippen molar-refractivity contribution in [3.05, 3.63) is 53.4 Å². The van der Waals surface area contributed by atoms with Crippen molar-refractivity contribution >= 4 is 0 Å². The number of hydrogen-bond donors (Lipinski definition) is 1. The number of aromatic nitrogens is 2. The van der Waals surface area contributed by atoms with E-state index in [-0.39, 0.29) is 24.5 Å². The fraction of sp³-hybridized carbons (Fsp3) is 0.231. The van der Waals surface area contributed by atoms with Crippen LogP contribution < -0.4 is 10.5 Å². The molecule has 0 atom stereocenters. The standard InChI is InChI=1S/C13H11F4N3O/c14-11-6-20-10(3-18)2-12(11)21-7-8-1-9(5-19-4-8)13(15,16)17/h1-2,4-6H,3,7,18H2. The van der Waals surface area contributed by atoms with E-state index in [1.54, 1.807) is 0 Å². The molecule has 2 aromatic rings. The lowest BCUT2D eigenvalue weighted by molar-refractivity contribution is -0.137. The monoisotopic (exact) mass is 301 g/mol. The van der Waals surface area contributed by atoms with Crippen LogP contribution in [-0.2, 0) is 19.3 Å². The first kappa shape index (κ1) is 15.2. The topological polar surface area (TPSA) is 61.0 Å². The van der Waals surface area contributed by atoms with Crippen LogP contribution >= 0.6 is 0 Å². The molecule has 0 bridgehead atoms. The van der Waals surface area contributed by atoms with Crippen LogP contribution in [0.25, 0.3) is 0 Å². The summed E-state index contributed by atoms with van der Waals surface area (Å²) in [7, 11) is 0. The third-order valence-corrected chi connectivity index (χ3v) is 2.60. The van der Waals surface area contributed by atoms with Gasteiger partial charge in [-0.3, -0.25) is 9.97 Å². The highest BCUT2D eigenvalue weighted by molar-refractivity contribution is 5.26. The molecule has 112 valence electrons. The Balaban J connectivity index is 2.13. The van der Waals surface area contributed by atoms with E-state index in [9.17, 15) is 17.6 Å². The van der Waals surface area contributed by atoms with E-state index in [1.165, 1.54) is 12.3 Å². The van der Waals surface area contributed by atoms with Gasteiger partial charge in [0.05, 0.1) is 17.5 Å². The van der Waals surface area contributed by atoms with Gasteiger partial charge in [-0.25, -0.2) is 4.39 Å². The van der Waals surface area contributed by atoms with Crippen molar-refractivity contribution in [1.29, 1.82) is 0 Å². The molecule has 2 aromatic heterocycles. The molecule has 0 radical (unpaired) electrons. The van der Waals surface area contributed by atoms with E-state index in [1.807, 2.05) is 0 Å². The highest BCUT2D eigenvalue weighted by Gasteiger charge is 2.31. The van der Waals surface area contributed by atoms with E-state index in [4.69, 9.17) is 10.5 Å². The molecule has 0 unspecified atom stereocenters. The molecule has 0 aliphatic carbocycles. The summed E-state index contributed by atoms with van der Waals surface area (Å²) in [5, 5.41) is 0. The van der Waals surface area contributed by atoms with Crippen molar-refractivity contribution in [3.8, 4) is 5.75 Å². The van der Waals surface area contributed by atoms with E-state index in [2.05, 4.69) is 9.97 Å². The lowest BCUT2D eigenvalue weighted by Crippen LogP contribution is -2.08. The lowest BCUT2D eigenvalue weighted by Gasteiger charge is -2.10. The second-order valence-corrected chi connectivity index (χ2v) is 4.18. The quantitative estimate of drug-likeness (QED) is 0.882. The Kier molecular flexibility index (Phi) is 4.37. The summed E-state index contributed by atoms with van der Waals surface area (Å²) in [4.78, 5) is 7.21. The molecule has 21 heavy (non-hydrogen) atoms. The molecule has 0 saturated heterocycles. The maximum atomic E-state index is 13.5. The van der Waals surface area contributed by atoms with Gasteiger partial charge in [0.1, 0.15) is 6.61 Å². The van der Waals surface area contributed by atoms with E-state index in [0.29, 0.717) is 11.9 Å². The van der Waals surface area contributed by atoms with E-state index < -0.39 is 17.6 Å². The van der Waals surface area contributed by atoms with Crippen LogP contribution in [0.3, 0.4) is 0 Å². The molecule has 2 heterocycles. The summed E-state index contributed by atoms with van der Waals surface area (Å²) in [5.41, 5.74) is 5.07. The Morgan fingerprint density at radius 1 is 1.14 bits per heavy atom. The van der Waals surface area contributed by atoms with Gasteiger partial charge >= 0.3 is 6.18 Å². The largest absolute Gasteiger partial charge is 0.486 e. The molecule has 0 saturated carbocycles. The Hall–Kier alpha value is -2.22. The van der Waals surface area contributed by atoms with Gasteiger partial charge in [-0.15, -0.1) is 0 Å². The van der Waals surface area contributed by atoms with E-state index >= 15 is 0 Å². The van der Waals surface area contributed by atoms with Crippen LogP contribution in [0.1, 0.15) is 16.8 Å². The van der Waals surface area contributed by atoms with Gasteiger partial charge in [-0.2, -0.15) is 13.2 Å². The first-order valence-electron chi connectivity index (χ1n) is 5.88. The van der Waals surface area contributed by atoms with Gasteiger partial charge in [-0.1, -0.05) is 0 Å². The van der Waals surface area contributed by atoms with Gasteiger partial charge in [0, 0.05) is 30.6 Å². The van der Waals surface area contributed by atoms with Crippen molar-refractivity contribution in [2.45, 2.75) is 19.3 Å². The van der Waals surface area contributed by atoms with Gasteiger partial charge in [0.15, 0.2) is 11.6 Å². The predicted molar refractivity (Wildman–Crippen MR) is 65.7 cm³/mol. The molecule has 2 rings (SSSR count). The highest BCUT2D eigenvalue weighted by atomic mass is 19.4. The molecule has 0 aliphatic heterocycles. The molecular formula is C13H11F4N3O. The minimum atomic E-state index is -4.49. The summed E-state index contributed by atoms with van der Waals surface area (Å²) in [6.07, 6.45) is -1.61. The summed E-state index contributed by atoms with van der Waals surface area (Å²) in [6.45, 7) is -0.149. The Bertz CT molecular complexity index is 631. The molecule has 0 amide bonds. The SMILES string of the molecule is NCc1cc(OCc2cncc(C(F)(F)F)c2)c(F)cn1. The fourth-order valence-electron chi connectivity index (χ4n) is 1.57. The van der Waals surface area contributed by atoms with E-state index in [0.717, 1.165) is 12.3 Å². The highest BCUT2D eigenvalue weighted by Crippen LogP contribution is 2.29. The fourth-order valence-corrected chi connectivity index (χ4v) is 1.57. The zero-order chi connectivity index (χ0) is 15.5. The minimum Gasteiger partial charge on any atom is -0.486 e. The third-order valence-electron chi connectivity index (χ3n) is 2.60. The van der Waals surface area contributed by atoms with Crippen molar-refractivity contribution in [3.63, 3.8) is 0 Å².